The van der Waals surface area contributed by atoms with Gasteiger partial charge in [0.05, 0.1) is 18.6 Å². The molecule has 0 bridgehead atoms. The van der Waals surface area contributed by atoms with Gasteiger partial charge in [-0.25, -0.2) is 4.79 Å². The Bertz CT molecular complexity index is 932. The summed E-state index contributed by atoms with van der Waals surface area (Å²) in [6, 6.07) is 5.00. The maximum Gasteiger partial charge on any atom is 0.348 e. The number of carbonyl (C=O) groups excluding carboxylic acids is 1. The lowest BCUT2D eigenvalue weighted by Gasteiger charge is -2.14. The summed E-state index contributed by atoms with van der Waals surface area (Å²) in [5.41, 5.74) is 2.19. The number of hydrogen-bond acceptors (Lipinski definition) is 6. The van der Waals surface area contributed by atoms with Crippen molar-refractivity contribution in [3.63, 3.8) is 0 Å². The van der Waals surface area contributed by atoms with Gasteiger partial charge in [0, 0.05) is 29.4 Å². The number of carbonyl (C=O) groups is 1. The highest BCUT2D eigenvalue weighted by Gasteiger charge is 2.22. The van der Waals surface area contributed by atoms with Gasteiger partial charge in [0.1, 0.15) is 10.8 Å². The first-order valence-electron chi connectivity index (χ1n) is 9.03. The van der Waals surface area contributed by atoms with Crippen LogP contribution in [0.1, 0.15) is 24.1 Å². The van der Waals surface area contributed by atoms with Gasteiger partial charge in [-0.15, -0.1) is 0 Å². The molecule has 0 atom stereocenters. The van der Waals surface area contributed by atoms with E-state index in [1.165, 1.54) is 18.9 Å². The van der Waals surface area contributed by atoms with E-state index in [4.69, 9.17) is 21.4 Å². The smallest absolute Gasteiger partial charge is 0.348 e. The van der Waals surface area contributed by atoms with Crippen molar-refractivity contribution < 1.29 is 14.6 Å². The van der Waals surface area contributed by atoms with Gasteiger partial charge in [-0.1, -0.05) is 23.4 Å². The molecular formula is C19H22ClN3O4S. The van der Waals surface area contributed by atoms with Gasteiger partial charge in [0.2, 0.25) is 5.91 Å². The molecule has 0 aliphatic heterocycles. The van der Waals surface area contributed by atoms with Gasteiger partial charge in [-0.05, 0) is 43.9 Å². The van der Waals surface area contributed by atoms with Crippen molar-refractivity contribution >= 4 is 35.0 Å². The van der Waals surface area contributed by atoms with Gasteiger partial charge in [-0.3, -0.25) is 9.36 Å². The van der Waals surface area contributed by atoms with Crippen LogP contribution >= 0.6 is 23.4 Å². The van der Waals surface area contributed by atoms with Crippen LogP contribution in [0, 0.1) is 0 Å². The van der Waals surface area contributed by atoms with Gasteiger partial charge >= 0.3 is 5.69 Å². The molecule has 9 heteroatoms. The van der Waals surface area contributed by atoms with E-state index in [9.17, 15) is 9.59 Å². The Balaban J connectivity index is 1.72. The number of hydrogen-bond donors (Lipinski definition) is 2. The average molecular weight is 424 g/mol. The molecule has 2 N–H and O–H groups in total. The number of thioether (sulfide) groups is 1. The third-order valence-corrected chi connectivity index (χ3v) is 5.77. The first kappa shape index (κ1) is 20.7. The van der Waals surface area contributed by atoms with E-state index >= 15 is 0 Å². The Morgan fingerprint density at radius 2 is 2.25 bits per heavy atom. The van der Waals surface area contributed by atoms with Crippen LogP contribution in [0.5, 0.6) is 5.75 Å². The quantitative estimate of drug-likeness (QED) is 0.500. The van der Waals surface area contributed by atoms with Crippen LogP contribution in [0.3, 0.4) is 0 Å². The summed E-state index contributed by atoms with van der Waals surface area (Å²) in [5.74, 6) is 0.409. The van der Waals surface area contributed by atoms with Crippen LogP contribution in [0.2, 0.25) is 5.02 Å². The summed E-state index contributed by atoms with van der Waals surface area (Å²) in [7, 11) is 1.52. The second kappa shape index (κ2) is 9.45. The minimum absolute atomic E-state index is 0.0326. The predicted molar refractivity (Wildman–Crippen MR) is 110 cm³/mol. The third kappa shape index (κ3) is 4.68. The van der Waals surface area contributed by atoms with Gasteiger partial charge in [-0.2, -0.15) is 4.98 Å². The topological polar surface area (TPSA) is 93.5 Å². The van der Waals surface area contributed by atoms with E-state index in [2.05, 4.69) is 10.3 Å². The highest BCUT2D eigenvalue weighted by Crippen LogP contribution is 2.30. The Morgan fingerprint density at radius 3 is 3.00 bits per heavy atom. The van der Waals surface area contributed by atoms with Crippen molar-refractivity contribution in [1.29, 1.82) is 0 Å². The molecule has 28 heavy (non-hydrogen) atoms. The minimum atomic E-state index is -0.325. The van der Waals surface area contributed by atoms with E-state index in [1.807, 2.05) is 0 Å². The van der Waals surface area contributed by atoms with Crippen molar-refractivity contribution in [2.24, 2.45) is 0 Å². The number of fused-ring (bicyclic) bond motifs is 1. The van der Waals surface area contributed by atoms with E-state index in [0.29, 0.717) is 34.5 Å². The Kier molecular flexibility index (Phi) is 6.98. The lowest BCUT2D eigenvalue weighted by atomic mass is 10.2. The molecule has 0 spiro atoms. The summed E-state index contributed by atoms with van der Waals surface area (Å²) in [6.45, 7) is 0.496. The number of nitrogens with one attached hydrogen (secondary N) is 1. The fourth-order valence-electron chi connectivity index (χ4n) is 3.26. The molecule has 1 amide bonds. The van der Waals surface area contributed by atoms with Gasteiger partial charge in [0.25, 0.3) is 0 Å². The van der Waals surface area contributed by atoms with Crippen molar-refractivity contribution in [2.45, 2.75) is 37.3 Å². The number of benzene rings is 1. The first-order valence-corrected chi connectivity index (χ1v) is 10.4. The highest BCUT2D eigenvalue weighted by atomic mass is 35.5. The molecule has 0 fully saturated rings. The maximum absolute atomic E-state index is 12.4. The zero-order chi connectivity index (χ0) is 20.1. The first-order chi connectivity index (χ1) is 13.5. The molecule has 150 valence electrons. The zero-order valence-electron chi connectivity index (χ0n) is 15.5. The number of aliphatic hydroxyl groups is 1. The molecule has 0 saturated carbocycles. The molecule has 0 unspecified atom stereocenters. The molecule has 7 nitrogen and oxygen atoms in total. The fourth-order valence-corrected chi connectivity index (χ4v) is 4.31. The molecule has 0 radical (unpaired) electrons. The van der Waals surface area contributed by atoms with E-state index in [-0.39, 0.29) is 24.0 Å². The maximum atomic E-state index is 12.4. The lowest BCUT2D eigenvalue weighted by molar-refractivity contribution is -0.113. The molecule has 0 saturated heterocycles. The lowest BCUT2D eigenvalue weighted by Crippen LogP contribution is -2.28. The Hall–Kier alpha value is -2.03. The van der Waals surface area contributed by atoms with Crippen LogP contribution < -0.4 is 15.7 Å². The molecule has 1 aromatic carbocycles. The van der Waals surface area contributed by atoms with Crippen molar-refractivity contribution in [2.75, 3.05) is 24.8 Å². The van der Waals surface area contributed by atoms with E-state index < -0.39 is 0 Å². The number of methoxy groups -OCH3 is 1. The number of amides is 1. The fraction of sp³-hybridized carbons (Fsp3) is 0.421. The third-order valence-electron chi connectivity index (χ3n) is 4.52. The monoisotopic (exact) mass is 423 g/mol. The van der Waals surface area contributed by atoms with Gasteiger partial charge < -0.3 is 15.2 Å². The average Bonchev–Trinajstić information content (AvgIpc) is 3.15. The summed E-state index contributed by atoms with van der Waals surface area (Å²) < 4.78 is 6.88. The number of ether oxygens (including phenoxy) is 1. The number of halogens is 1. The molecule has 3 rings (SSSR count). The molecule has 1 aliphatic carbocycles. The standard InChI is InChI=1S/C19H22ClN3O4S/c1-27-16-7-6-12(20)10-14(16)21-17(25)11-28-18-13-4-2-5-15(13)23(8-3-9-24)19(26)22-18/h6-7,10,24H,2-5,8-9,11H2,1H3,(H,21,25). The SMILES string of the molecule is COc1ccc(Cl)cc1NC(=O)CSc1nc(=O)n(CCCO)c2c1CCC2. The molecule has 1 aliphatic rings. The van der Waals surface area contributed by atoms with Crippen molar-refractivity contribution in [1.82, 2.24) is 9.55 Å². The summed E-state index contributed by atoms with van der Waals surface area (Å²) in [5, 5.41) is 12.9. The van der Waals surface area contributed by atoms with Crippen LogP contribution in [-0.4, -0.2) is 40.0 Å². The summed E-state index contributed by atoms with van der Waals surface area (Å²) in [4.78, 5) is 29.0. The normalized spacial score (nSPS) is 12.7. The molecule has 1 aromatic heterocycles. The molecular weight excluding hydrogens is 402 g/mol. The largest absolute Gasteiger partial charge is 0.495 e. The molecule has 1 heterocycles. The number of rotatable bonds is 8. The predicted octanol–water partition coefficient (Wildman–Crippen LogP) is 2.51. The van der Waals surface area contributed by atoms with Crippen LogP contribution in [0.4, 0.5) is 5.69 Å². The van der Waals surface area contributed by atoms with E-state index in [0.717, 1.165) is 30.5 Å². The second-order valence-corrected chi connectivity index (χ2v) is 7.79. The van der Waals surface area contributed by atoms with Crippen molar-refractivity contribution in [3.8, 4) is 5.75 Å². The highest BCUT2D eigenvalue weighted by molar-refractivity contribution is 8.00. The second-order valence-electron chi connectivity index (χ2n) is 6.39. The zero-order valence-corrected chi connectivity index (χ0v) is 17.1. The van der Waals surface area contributed by atoms with Gasteiger partial charge in [0.15, 0.2) is 0 Å². The Labute approximate surface area is 172 Å². The molecule has 2 aromatic rings. The number of anilines is 1. The summed E-state index contributed by atoms with van der Waals surface area (Å²) in [6.07, 6.45) is 3.13. The van der Waals surface area contributed by atoms with Crippen LogP contribution in [0.25, 0.3) is 0 Å². The summed E-state index contributed by atoms with van der Waals surface area (Å²) >= 11 is 7.25. The Morgan fingerprint density at radius 1 is 1.43 bits per heavy atom. The number of nitrogens with zero attached hydrogens (tertiary/aromatic N) is 2. The minimum Gasteiger partial charge on any atom is -0.495 e. The van der Waals surface area contributed by atoms with Crippen LogP contribution in [-0.2, 0) is 24.2 Å². The number of aliphatic hydroxyl groups excluding tert-OH is 1. The van der Waals surface area contributed by atoms with Crippen LogP contribution in [0.15, 0.2) is 28.0 Å². The van der Waals surface area contributed by atoms with Crippen molar-refractivity contribution in [3.05, 3.63) is 45.0 Å². The number of aromatic nitrogens is 2. The van der Waals surface area contributed by atoms with E-state index in [1.54, 1.807) is 22.8 Å².